The summed E-state index contributed by atoms with van der Waals surface area (Å²) in [6, 6.07) is 0. The molecule has 72 valence electrons. The second-order valence-corrected chi connectivity index (χ2v) is 3.01. The maximum absolute atomic E-state index is 11.9. The van der Waals surface area contributed by atoms with Crippen molar-refractivity contribution in [2.75, 3.05) is 18.5 Å². The lowest BCUT2D eigenvalue weighted by Crippen LogP contribution is -2.08. The number of anilines is 1. The number of aromatic nitrogens is 2. The first-order valence-electron chi connectivity index (χ1n) is 3.95. The van der Waals surface area contributed by atoms with Gasteiger partial charge in [0.05, 0.1) is 0 Å². The number of alkyl halides is 1. The van der Waals surface area contributed by atoms with Crippen LogP contribution in [0.3, 0.4) is 0 Å². The molecule has 0 aromatic carbocycles. The van der Waals surface area contributed by atoms with Crippen molar-refractivity contribution in [3.63, 3.8) is 0 Å². The number of nitrogens with zero attached hydrogens (tertiary/aromatic N) is 2. The van der Waals surface area contributed by atoms with Crippen LogP contribution >= 0.6 is 11.6 Å². The highest BCUT2D eigenvalue weighted by atomic mass is 35.5. The smallest absolute Gasteiger partial charge is 0.137 e. The van der Waals surface area contributed by atoms with Gasteiger partial charge in [0.1, 0.15) is 23.5 Å². The SMILES string of the molecule is Cc1nc(Cl)c(C)c(NCCF)n1. The zero-order valence-electron chi connectivity index (χ0n) is 7.56. The van der Waals surface area contributed by atoms with Gasteiger partial charge in [-0.3, -0.25) is 0 Å². The van der Waals surface area contributed by atoms with Crippen molar-refractivity contribution in [3.05, 3.63) is 16.5 Å². The van der Waals surface area contributed by atoms with E-state index in [2.05, 4.69) is 15.3 Å². The summed E-state index contributed by atoms with van der Waals surface area (Å²) >= 11 is 5.81. The summed E-state index contributed by atoms with van der Waals surface area (Å²) in [5.41, 5.74) is 0.751. The quantitative estimate of drug-likeness (QED) is 0.765. The van der Waals surface area contributed by atoms with Crippen molar-refractivity contribution >= 4 is 17.4 Å². The number of hydrogen-bond acceptors (Lipinski definition) is 3. The van der Waals surface area contributed by atoms with E-state index in [0.717, 1.165) is 5.56 Å². The Labute approximate surface area is 81.3 Å². The van der Waals surface area contributed by atoms with E-state index in [1.54, 1.807) is 13.8 Å². The van der Waals surface area contributed by atoms with Gasteiger partial charge in [-0.15, -0.1) is 0 Å². The minimum absolute atomic E-state index is 0.244. The van der Waals surface area contributed by atoms with Crippen LogP contribution in [-0.4, -0.2) is 23.2 Å². The Morgan fingerprint density at radius 3 is 2.69 bits per heavy atom. The second-order valence-electron chi connectivity index (χ2n) is 2.65. The first-order chi connectivity index (χ1) is 6.15. The predicted octanol–water partition coefficient (Wildman–Crippen LogP) is 2.13. The van der Waals surface area contributed by atoms with Crippen molar-refractivity contribution in [1.82, 2.24) is 9.97 Å². The van der Waals surface area contributed by atoms with Gasteiger partial charge in [0.2, 0.25) is 0 Å². The standard InChI is InChI=1S/C8H11ClFN3/c1-5-7(9)12-6(2)13-8(5)11-4-3-10/h3-4H2,1-2H3,(H,11,12,13). The minimum Gasteiger partial charge on any atom is -0.367 e. The molecule has 0 unspecified atom stereocenters. The fourth-order valence-electron chi connectivity index (χ4n) is 0.932. The van der Waals surface area contributed by atoms with Crippen LogP contribution in [0.4, 0.5) is 10.2 Å². The maximum Gasteiger partial charge on any atom is 0.137 e. The first-order valence-corrected chi connectivity index (χ1v) is 4.33. The Morgan fingerprint density at radius 1 is 1.38 bits per heavy atom. The molecule has 13 heavy (non-hydrogen) atoms. The van der Waals surface area contributed by atoms with E-state index in [-0.39, 0.29) is 6.54 Å². The lowest BCUT2D eigenvalue weighted by Gasteiger charge is -2.08. The number of hydrogen-bond donors (Lipinski definition) is 1. The Morgan fingerprint density at radius 2 is 2.08 bits per heavy atom. The van der Waals surface area contributed by atoms with E-state index in [9.17, 15) is 4.39 Å². The Bertz CT molecular complexity index is 304. The third-order valence-corrected chi connectivity index (χ3v) is 1.95. The van der Waals surface area contributed by atoms with Gasteiger partial charge >= 0.3 is 0 Å². The third kappa shape index (κ3) is 2.52. The molecule has 1 aromatic heterocycles. The van der Waals surface area contributed by atoms with E-state index < -0.39 is 6.67 Å². The largest absolute Gasteiger partial charge is 0.367 e. The van der Waals surface area contributed by atoms with Crippen molar-refractivity contribution in [2.45, 2.75) is 13.8 Å². The lowest BCUT2D eigenvalue weighted by atomic mass is 10.3. The highest BCUT2D eigenvalue weighted by Gasteiger charge is 2.05. The Hall–Kier alpha value is -0.900. The summed E-state index contributed by atoms with van der Waals surface area (Å²) < 4.78 is 11.9. The zero-order chi connectivity index (χ0) is 9.84. The summed E-state index contributed by atoms with van der Waals surface area (Å²) in [7, 11) is 0. The Kier molecular flexibility index (Phi) is 3.42. The summed E-state index contributed by atoms with van der Waals surface area (Å²) in [6.45, 7) is 3.35. The van der Waals surface area contributed by atoms with Gasteiger partial charge in [-0.1, -0.05) is 11.6 Å². The molecule has 0 atom stereocenters. The van der Waals surface area contributed by atoms with Crippen molar-refractivity contribution < 1.29 is 4.39 Å². The maximum atomic E-state index is 11.9. The van der Waals surface area contributed by atoms with Gasteiger partial charge < -0.3 is 5.32 Å². The molecule has 0 fully saturated rings. The molecule has 0 aliphatic heterocycles. The molecule has 0 aliphatic carbocycles. The van der Waals surface area contributed by atoms with Gasteiger partial charge in [0.15, 0.2) is 0 Å². The monoisotopic (exact) mass is 203 g/mol. The van der Waals surface area contributed by atoms with Crippen molar-refractivity contribution in [2.24, 2.45) is 0 Å². The highest BCUT2D eigenvalue weighted by Crippen LogP contribution is 2.18. The van der Waals surface area contributed by atoms with E-state index in [4.69, 9.17) is 11.6 Å². The fraction of sp³-hybridized carbons (Fsp3) is 0.500. The summed E-state index contributed by atoms with van der Waals surface area (Å²) in [6.07, 6.45) is 0. The third-order valence-electron chi connectivity index (χ3n) is 1.59. The van der Waals surface area contributed by atoms with Crippen LogP contribution in [0.15, 0.2) is 0 Å². The molecule has 0 bridgehead atoms. The van der Waals surface area contributed by atoms with Crippen LogP contribution in [-0.2, 0) is 0 Å². The molecule has 5 heteroatoms. The van der Waals surface area contributed by atoms with Crippen LogP contribution in [0.1, 0.15) is 11.4 Å². The molecule has 1 N–H and O–H groups in total. The van der Waals surface area contributed by atoms with Gasteiger partial charge in [-0.2, -0.15) is 0 Å². The number of aryl methyl sites for hydroxylation is 1. The van der Waals surface area contributed by atoms with Crippen molar-refractivity contribution in [3.8, 4) is 0 Å². The molecule has 1 heterocycles. The van der Waals surface area contributed by atoms with E-state index in [1.807, 2.05) is 0 Å². The lowest BCUT2D eigenvalue weighted by molar-refractivity contribution is 0.512. The molecule has 0 spiro atoms. The number of rotatable bonds is 3. The highest BCUT2D eigenvalue weighted by molar-refractivity contribution is 6.30. The van der Waals surface area contributed by atoms with E-state index in [0.29, 0.717) is 16.8 Å². The summed E-state index contributed by atoms with van der Waals surface area (Å²) in [5.74, 6) is 1.19. The molecular weight excluding hydrogens is 193 g/mol. The second kappa shape index (κ2) is 4.37. The number of nitrogens with one attached hydrogen (secondary N) is 1. The first kappa shape index (κ1) is 10.2. The van der Waals surface area contributed by atoms with Gasteiger partial charge in [-0.05, 0) is 13.8 Å². The van der Waals surface area contributed by atoms with Gasteiger partial charge in [0.25, 0.3) is 0 Å². The van der Waals surface area contributed by atoms with Crippen LogP contribution in [0.25, 0.3) is 0 Å². The Balaban J connectivity index is 2.92. The van der Waals surface area contributed by atoms with Crippen LogP contribution in [0.2, 0.25) is 5.15 Å². The molecule has 0 saturated heterocycles. The average Bonchev–Trinajstić information content (AvgIpc) is 2.09. The zero-order valence-corrected chi connectivity index (χ0v) is 8.32. The molecule has 0 saturated carbocycles. The van der Waals surface area contributed by atoms with E-state index >= 15 is 0 Å². The van der Waals surface area contributed by atoms with E-state index in [1.165, 1.54) is 0 Å². The summed E-state index contributed by atoms with van der Waals surface area (Å²) in [5, 5.41) is 3.24. The van der Waals surface area contributed by atoms with Crippen LogP contribution in [0, 0.1) is 13.8 Å². The number of halogens is 2. The van der Waals surface area contributed by atoms with Gasteiger partial charge in [-0.25, -0.2) is 14.4 Å². The molecule has 0 amide bonds. The molecule has 3 nitrogen and oxygen atoms in total. The molecule has 0 aliphatic rings. The molecular formula is C8H11ClFN3. The molecule has 0 radical (unpaired) electrons. The summed E-state index contributed by atoms with van der Waals surface area (Å²) in [4.78, 5) is 8.06. The van der Waals surface area contributed by atoms with Gasteiger partial charge in [0, 0.05) is 12.1 Å². The minimum atomic E-state index is -0.430. The normalized spacial score (nSPS) is 10.2. The molecule has 1 aromatic rings. The average molecular weight is 204 g/mol. The topological polar surface area (TPSA) is 37.8 Å². The predicted molar refractivity (Wildman–Crippen MR) is 51.0 cm³/mol. The molecule has 1 rings (SSSR count). The van der Waals surface area contributed by atoms with Crippen LogP contribution in [0.5, 0.6) is 0 Å². The fourth-order valence-corrected chi connectivity index (χ4v) is 1.14. The van der Waals surface area contributed by atoms with Crippen molar-refractivity contribution in [1.29, 1.82) is 0 Å². The van der Waals surface area contributed by atoms with Crippen LogP contribution < -0.4 is 5.32 Å².